The molecule has 72 valence electrons. The Balaban J connectivity index is 2.55. The maximum absolute atomic E-state index is 5.95. The average Bonchev–Trinajstić information content (AvgIpc) is 2.15. The molecule has 1 heterocycles. The van der Waals surface area contributed by atoms with E-state index in [1.165, 1.54) is 12.8 Å². The van der Waals surface area contributed by atoms with E-state index in [1.54, 1.807) is 6.20 Å². The van der Waals surface area contributed by atoms with Crippen LogP contribution in [0.3, 0.4) is 0 Å². The summed E-state index contributed by atoms with van der Waals surface area (Å²) in [7, 11) is 0. The van der Waals surface area contributed by atoms with Crippen molar-refractivity contribution in [3.05, 3.63) is 28.5 Å². The fraction of sp³-hybridized carbons (Fsp3) is 0.500. The number of rotatable bonds is 4. The van der Waals surface area contributed by atoms with Crippen LogP contribution in [0.15, 0.2) is 22.8 Å². The highest BCUT2D eigenvalue weighted by atomic mass is 79.9. The highest BCUT2D eigenvalue weighted by molar-refractivity contribution is 9.10. The summed E-state index contributed by atoms with van der Waals surface area (Å²) in [6, 6.07) is 4.05. The predicted molar refractivity (Wildman–Crippen MR) is 58.4 cm³/mol. The Morgan fingerprint density at radius 2 is 2.31 bits per heavy atom. The molecule has 1 rings (SSSR count). The SMILES string of the molecule is CCCC[C@@H](N)c1ccc(Br)cn1. The molecule has 0 radical (unpaired) electrons. The van der Waals surface area contributed by atoms with Gasteiger partial charge in [0.05, 0.1) is 5.69 Å². The average molecular weight is 243 g/mol. The second kappa shape index (κ2) is 5.35. The molecule has 0 aliphatic heterocycles. The lowest BCUT2D eigenvalue weighted by molar-refractivity contribution is 0.590. The van der Waals surface area contributed by atoms with E-state index in [-0.39, 0.29) is 6.04 Å². The van der Waals surface area contributed by atoms with Crippen LogP contribution in [0, 0.1) is 0 Å². The van der Waals surface area contributed by atoms with Gasteiger partial charge in [0.15, 0.2) is 0 Å². The van der Waals surface area contributed by atoms with E-state index in [4.69, 9.17) is 5.73 Å². The number of nitrogens with two attached hydrogens (primary N) is 1. The molecule has 0 amide bonds. The third kappa shape index (κ3) is 3.44. The summed E-state index contributed by atoms with van der Waals surface area (Å²) in [6.45, 7) is 2.17. The van der Waals surface area contributed by atoms with Crippen molar-refractivity contribution in [2.24, 2.45) is 5.73 Å². The Labute approximate surface area is 87.7 Å². The topological polar surface area (TPSA) is 38.9 Å². The molecule has 0 saturated heterocycles. The van der Waals surface area contributed by atoms with E-state index >= 15 is 0 Å². The first-order valence-corrected chi connectivity index (χ1v) is 5.40. The minimum absolute atomic E-state index is 0.0908. The molecule has 0 saturated carbocycles. The van der Waals surface area contributed by atoms with Crippen molar-refractivity contribution in [1.29, 1.82) is 0 Å². The first-order chi connectivity index (χ1) is 6.24. The van der Waals surface area contributed by atoms with E-state index in [1.807, 2.05) is 12.1 Å². The van der Waals surface area contributed by atoms with E-state index < -0.39 is 0 Å². The van der Waals surface area contributed by atoms with Crippen molar-refractivity contribution in [3.63, 3.8) is 0 Å². The summed E-state index contributed by atoms with van der Waals surface area (Å²) in [4.78, 5) is 4.26. The van der Waals surface area contributed by atoms with Crippen molar-refractivity contribution in [2.75, 3.05) is 0 Å². The molecule has 0 aromatic carbocycles. The van der Waals surface area contributed by atoms with Gasteiger partial charge in [-0.25, -0.2) is 0 Å². The van der Waals surface area contributed by atoms with Gasteiger partial charge in [-0.3, -0.25) is 4.98 Å². The zero-order chi connectivity index (χ0) is 9.68. The van der Waals surface area contributed by atoms with Crippen molar-refractivity contribution in [3.8, 4) is 0 Å². The van der Waals surface area contributed by atoms with E-state index in [0.717, 1.165) is 16.6 Å². The number of unbranched alkanes of at least 4 members (excludes halogenated alkanes) is 1. The molecule has 0 aliphatic carbocycles. The van der Waals surface area contributed by atoms with Gasteiger partial charge < -0.3 is 5.73 Å². The molecule has 0 spiro atoms. The number of halogens is 1. The van der Waals surface area contributed by atoms with Crippen LogP contribution < -0.4 is 5.73 Å². The van der Waals surface area contributed by atoms with Gasteiger partial charge in [-0.05, 0) is 34.5 Å². The largest absolute Gasteiger partial charge is 0.323 e. The Kier molecular flexibility index (Phi) is 4.39. The molecule has 13 heavy (non-hydrogen) atoms. The van der Waals surface area contributed by atoms with Gasteiger partial charge in [-0.1, -0.05) is 19.8 Å². The van der Waals surface area contributed by atoms with Crippen LogP contribution in [0.5, 0.6) is 0 Å². The van der Waals surface area contributed by atoms with Crippen LogP contribution >= 0.6 is 15.9 Å². The fourth-order valence-corrected chi connectivity index (χ4v) is 1.41. The molecular formula is C10H15BrN2. The lowest BCUT2D eigenvalue weighted by atomic mass is 10.1. The van der Waals surface area contributed by atoms with Gasteiger partial charge in [0.25, 0.3) is 0 Å². The molecule has 1 atom stereocenters. The second-order valence-corrected chi connectivity index (χ2v) is 4.07. The summed E-state index contributed by atoms with van der Waals surface area (Å²) < 4.78 is 0.999. The maximum atomic E-state index is 5.95. The zero-order valence-electron chi connectivity index (χ0n) is 7.83. The van der Waals surface area contributed by atoms with Crippen molar-refractivity contribution in [1.82, 2.24) is 4.98 Å². The van der Waals surface area contributed by atoms with Gasteiger partial charge in [0, 0.05) is 16.7 Å². The summed E-state index contributed by atoms with van der Waals surface area (Å²) in [5.74, 6) is 0. The molecule has 2 N–H and O–H groups in total. The van der Waals surface area contributed by atoms with E-state index in [2.05, 4.69) is 27.8 Å². The predicted octanol–water partition coefficient (Wildman–Crippen LogP) is 3.03. The highest BCUT2D eigenvalue weighted by Crippen LogP contribution is 2.16. The molecule has 0 bridgehead atoms. The highest BCUT2D eigenvalue weighted by Gasteiger charge is 2.05. The van der Waals surface area contributed by atoms with Gasteiger partial charge in [0.1, 0.15) is 0 Å². The molecule has 3 heteroatoms. The van der Waals surface area contributed by atoms with E-state index in [0.29, 0.717) is 0 Å². The first kappa shape index (κ1) is 10.7. The molecule has 0 fully saturated rings. The van der Waals surface area contributed by atoms with Crippen LogP contribution in [0.1, 0.15) is 37.9 Å². The van der Waals surface area contributed by atoms with Gasteiger partial charge in [0.2, 0.25) is 0 Å². The third-order valence-corrected chi connectivity index (χ3v) is 2.47. The maximum Gasteiger partial charge on any atom is 0.0571 e. The lowest BCUT2D eigenvalue weighted by Crippen LogP contribution is -2.11. The zero-order valence-corrected chi connectivity index (χ0v) is 9.42. The van der Waals surface area contributed by atoms with Crippen molar-refractivity contribution >= 4 is 15.9 Å². The Morgan fingerprint density at radius 1 is 1.54 bits per heavy atom. The quantitative estimate of drug-likeness (QED) is 0.882. The van der Waals surface area contributed by atoms with Gasteiger partial charge in [-0.2, -0.15) is 0 Å². The molecule has 1 aromatic heterocycles. The Bertz CT molecular complexity index is 246. The van der Waals surface area contributed by atoms with Crippen LogP contribution in [-0.4, -0.2) is 4.98 Å². The molecule has 2 nitrogen and oxygen atoms in total. The number of aromatic nitrogens is 1. The minimum Gasteiger partial charge on any atom is -0.323 e. The minimum atomic E-state index is 0.0908. The summed E-state index contributed by atoms with van der Waals surface area (Å²) in [6.07, 6.45) is 5.16. The normalized spacial score (nSPS) is 12.8. The summed E-state index contributed by atoms with van der Waals surface area (Å²) in [5.41, 5.74) is 6.94. The van der Waals surface area contributed by atoms with Crippen LogP contribution in [-0.2, 0) is 0 Å². The van der Waals surface area contributed by atoms with Gasteiger partial charge in [-0.15, -0.1) is 0 Å². The van der Waals surface area contributed by atoms with Crippen LogP contribution in [0.2, 0.25) is 0 Å². The Morgan fingerprint density at radius 3 is 2.85 bits per heavy atom. The molecule has 0 unspecified atom stereocenters. The standard InChI is InChI=1S/C10H15BrN2/c1-2-3-4-9(12)10-6-5-8(11)7-13-10/h5-7,9H,2-4,12H2,1H3/t9-/m1/s1. The lowest BCUT2D eigenvalue weighted by Gasteiger charge is -2.09. The molecule has 0 aliphatic rings. The first-order valence-electron chi connectivity index (χ1n) is 4.61. The second-order valence-electron chi connectivity index (χ2n) is 3.15. The number of nitrogens with zero attached hydrogens (tertiary/aromatic N) is 1. The number of hydrogen-bond acceptors (Lipinski definition) is 2. The smallest absolute Gasteiger partial charge is 0.0571 e. The number of hydrogen-bond donors (Lipinski definition) is 1. The van der Waals surface area contributed by atoms with Gasteiger partial charge >= 0.3 is 0 Å². The summed E-state index contributed by atoms with van der Waals surface area (Å²) in [5, 5.41) is 0. The molecular weight excluding hydrogens is 228 g/mol. The molecule has 1 aromatic rings. The van der Waals surface area contributed by atoms with Crippen LogP contribution in [0.25, 0.3) is 0 Å². The Hall–Kier alpha value is -0.410. The van der Waals surface area contributed by atoms with Crippen LogP contribution in [0.4, 0.5) is 0 Å². The van der Waals surface area contributed by atoms with Crippen molar-refractivity contribution in [2.45, 2.75) is 32.2 Å². The fourth-order valence-electron chi connectivity index (χ4n) is 1.18. The van der Waals surface area contributed by atoms with Crippen molar-refractivity contribution < 1.29 is 0 Å². The summed E-state index contributed by atoms with van der Waals surface area (Å²) >= 11 is 3.34. The number of pyridine rings is 1. The monoisotopic (exact) mass is 242 g/mol. The third-order valence-electron chi connectivity index (χ3n) is 2.00. The van der Waals surface area contributed by atoms with E-state index in [9.17, 15) is 0 Å².